The normalized spacial score (nSPS) is 11.6. The van der Waals surface area contributed by atoms with Crippen molar-refractivity contribution in [2.45, 2.75) is 233 Å². The van der Waals surface area contributed by atoms with Crippen molar-refractivity contribution < 1.29 is 19.1 Å². The Morgan fingerprint density at radius 3 is 0.837 bits per heavy atom. The summed E-state index contributed by atoms with van der Waals surface area (Å²) >= 11 is 0. The second-order valence-corrected chi connectivity index (χ2v) is 15.1. The molecule has 0 spiro atoms. The molecule has 5 heteroatoms. The molecule has 0 saturated carbocycles. The maximum Gasteiger partial charge on any atom is 0.308 e. The number of ether oxygens (including phenoxy) is 2. The Morgan fingerprint density at radius 1 is 0.367 bits per heavy atom. The minimum atomic E-state index is -0.0104. The minimum Gasteiger partial charge on any atom is -0.464 e. The Labute approximate surface area is 307 Å². The van der Waals surface area contributed by atoms with E-state index in [1.54, 1.807) is 0 Å². The molecular weight excluding hydrogens is 606 g/mol. The summed E-state index contributed by atoms with van der Waals surface area (Å²) in [6, 6.07) is 0. The molecule has 0 aromatic carbocycles. The van der Waals surface area contributed by atoms with Gasteiger partial charge in [-0.25, -0.2) is 0 Å². The number of carbonyl (C=O) groups excluding carboxylic acids is 2. The molecule has 0 fully saturated rings. The summed E-state index contributed by atoms with van der Waals surface area (Å²) in [5, 5.41) is 3.33. The van der Waals surface area contributed by atoms with E-state index in [1.807, 2.05) is 0 Å². The topological polar surface area (TPSA) is 64.6 Å². The van der Waals surface area contributed by atoms with Gasteiger partial charge < -0.3 is 14.8 Å². The molecule has 0 saturated heterocycles. The van der Waals surface area contributed by atoms with E-state index >= 15 is 0 Å². The van der Waals surface area contributed by atoms with E-state index in [1.165, 1.54) is 154 Å². The van der Waals surface area contributed by atoms with E-state index < -0.39 is 0 Å². The highest BCUT2D eigenvalue weighted by molar-refractivity contribution is 5.72. The number of carbonyl (C=O) groups is 2. The highest BCUT2D eigenvalue weighted by atomic mass is 16.5. The van der Waals surface area contributed by atoms with Crippen LogP contribution in [0.3, 0.4) is 0 Å². The zero-order valence-electron chi connectivity index (χ0n) is 33.7. The molecule has 0 aromatic rings. The molecule has 0 aliphatic carbocycles. The minimum absolute atomic E-state index is 0.0104. The first-order valence-corrected chi connectivity index (χ1v) is 22.1. The molecule has 5 nitrogen and oxygen atoms in total. The van der Waals surface area contributed by atoms with E-state index in [9.17, 15) is 9.59 Å². The number of nitrogens with one attached hydrogen (secondary N) is 1. The highest BCUT2D eigenvalue weighted by Crippen LogP contribution is 2.22. The third kappa shape index (κ3) is 33.8. The van der Waals surface area contributed by atoms with E-state index in [-0.39, 0.29) is 23.8 Å². The SMILES string of the molecule is CCCCCCCCCC(CCCCCCCCC)C(=O)OCCNCCOC(=O)C(CCCCCCCCC)CCCCCCCCC. The van der Waals surface area contributed by atoms with Gasteiger partial charge >= 0.3 is 11.9 Å². The van der Waals surface area contributed by atoms with Crippen molar-refractivity contribution in [2.75, 3.05) is 26.3 Å². The van der Waals surface area contributed by atoms with Gasteiger partial charge in [0.25, 0.3) is 0 Å². The van der Waals surface area contributed by atoms with Gasteiger partial charge in [0.1, 0.15) is 13.2 Å². The lowest BCUT2D eigenvalue weighted by Gasteiger charge is -2.17. The van der Waals surface area contributed by atoms with E-state index in [2.05, 4.69) is 33.0 Å². The highest BCUT2D eigenvalue weighted by Gasteiger charge is 2.20. The van der Waals surface area contributed by atoms with Crippen LogP contribution in [-0.2, 0) is 19.1 Å². The summed E-state index contributed by atoms with van der Waals surface area (Å²) in [7, 11) is 0. The van der Waals surface area contributed by atoms with Crippen molar-refractivity contribution in [3.05, 3.63) is 0 Å². The quantitative estimate of drug-likeness (QED) is 0.0511. The van der Waals surface area contributed by atoms with Crippen molar-refractivity contribution in [2.24, 2.45) is 11.8 Å². The first-order valence-electron chi connectivity index (χ1n) is 22.1. The van der Waals surface area contributed by atoms with Crippen LogP contribution >= 0.6 is 0 Å². The largest absolute Gasteiger partial charge is 0.464 e. The summed E-state index contributed by atoms with van der Waals surface area (Å²) in [6.45, 7) is 11.0. The molecule has 0 aliphatic heterocycles. The molecule has 292 valence electrons. The molecule has 0 heterocycles. The van der Waals surface area contributed by atoms with Crippen LogP contribution in [0.1, 0.15) is 233 Å². The average molecular weight is 694 g/mol. The van der Waals surface area contributed by atoms with Crippen LogP contribution in [0.4, 0.5) is 0 Å². The summed E-state index contributed by atoms with van der Waals surface area (Å²) in [5.74, 6) is 0.0567. The van der Waals surface area contributed by atoms with Crippen LogP contribution in [-0.4, -0.2) is 38.2 Å². The Bertz CT molecular complexity index is 592. The van der Waals surface area contributed by atoms with Crippen LogP contribution in [0.2, 0.25) is 0 Å². The average Bonchev–Trinajstić information content (AvgIpc) is 3.10. The number of hydrogen-bond acceptors (Lipinski definition) is 5. The monoisotopic (exact) mass is 694 g/mol. The van der Waals surface area contributed by atoms with Gasteiger partial charge in [-0.05, 0) is 25.7 Å². The van der Waals surface area contributed by atoms with E-state index in [0.717, 1.165) is 51.4 Å². The van der Waals surface area contributed by atoms with Crippen molar-refractivity contribution in [3.63, 3.8) is 0 Å². The predicted molar refractivity (Wildman–Crippen MR) is 212 cm³/mol. The molecule has 0 aliphatic rings. The van der Waals surface area contributed by atoms with Gasteiger partial charge in [-0.3, -0.25) is 9.59 Å². The Balaban J connectivity index is 4.43. The van der Waals surface area contributed by atoms with Gasteiger partial charge in [0.2, 0.25) is 0 Å². The van der Waals surface area contributed by atoms with Crippen LogP contribution in [0.15, 0.2) is 0 Å². The molecule has 0 amide bonds. The summed E-state index contributed by atoms with van der Waals surface area (Å²) < 4.78 is 11.5. The van der Waals surface area contributed by atoms with Crippen LogP contribution in [0.25, 0.3) is 0 Å². The Morgan fingerprint density at radius 2 is 0.592 bits per heavy atom. The number of rotatable bonds is 40. The van der Waals surface area contributed by atoms with E-state index in [4.69, 9.17) is 9.47 Å². The van der Waals surface area contributed by atoms with Crippen molar-refractivity contribution in [3.8, 4) is 0 Å². The second kappa shape index (κ2) is 39.7. The fourth-order valence-corrected chi connectivity index (χ4v) is 6.96. The summed E-state index contributed by atoms with van der Waals surface area (Å²) in [6.07, 6.45) is 39.5. The molecule has 0 aromatic heterocycles. The number of hydrogen-bond donors (Lipinski definition) is 1. The second-order valence-electron chi connectivity index (χ2n) is 15.1. The smallest absolute Gasteiger partial charge is 0.308 e. The van der Waals surface area contributed by atoms with Crippen molar-refractivity contribution in [1.82, 2.24) is 5.32 Å². The van der Waals surface area contributed by atoms with Crippen LogP contribution in [0, 0.1) is 11.8 Å². The summed E-state index contributed by atoms with van der Waals surface area (Å²) in [5.41, 5.74) is 0. The van der Waals surface area contributed by atoms with Gasteiger partial charge in [-0.1, -0.05) is 207 Å². The van der Waals surface area contributed by atoms with Gasteiger partial charge in [0.05, 0.1) is 11.8 Å². The Kier molecular flexibility index (Phi) is 38.8. The van der Waals surface area contributed by atoms with E-state index in [0.29, 0.717) is 26.3 Å². The molecular formula is C44H87NO4. The van der Waals surface area contributed by atoms with Gasteiger partial charge in [-0.2, -0.15) is 0 Å². The van der Waals surface area contributed by atoms with Gasteiger partial charge in [0, 0.05) is 13.1 Å². The first kappa shape index (κ1) is 47.9. The Hall–Kier alpha value is -1.10. The van der Waals surface area contributed by atoms with Crippen molar-refractivity contribution >= 4 is 11.9 Å². The first-order chi connectivity index (χ1) is 24.1. The fraction of sp³-hybridized carbons (Fsp3) is 0.955. The zero-order valence-corrected chi connectivity index (χ0v) is 33.7. The van der Waals surface area contributed by atoms with Crippen molar-refractivity contribution in [1.29, 1.82) is 0 Å². The van der Waals surface area contributed by atoms with Gasteiger partial charge in [-0.15, -0.1) is 0 Å². The molecule has 49 heavy (non-hydrogen) atoms. The molecule has 0 bridgehead atoms. The molecule has 0 unspecified atom stereocenters. The maximum absolute atomic E-state index is 13.0. The molecule has 1 N–H and O–H groups in total. The zero-order chi connectivity index (χ0) is 35.9. The number of unbranched alkanes of at least 4 members (excludes halogenated alkanes) is 24. The standard InChI is InChI=1S/C44H87NO4/c1-5-9-13-17-21-25-29-33-41(34-30-26-22-18-14-10-6-2)43(46)48-39-37-45-38-40-49-44(47)42(35-31-27-23-19-15-11-7-3)36-32-28-24-20-16-12-8-4/h41-42,45H,5-40H2,1-4H3. The molecule has 0 rings (SSSR count). The third-order valence-electron chi connectivity index (χ3n) is 10.3. The molecule has 0 atom stereocenters. The lowest BCUT2D eigenvalue weighted by Crippen LogP contribution is -2.28. The predicted octanol–water partition coefficient (Wildman–Crippen LogP) is 13.5. The van der Waals surface area contributed by atoms with Gasteiger partial charge in [0.15, 0.2) is 0 Å². The lowest BCUT2D eigenvalue weighted by atomic mass is 9.94. The lowest BCUT2D eigenvalue weighted by molar-refractivity contribution is -0.149. The van der Waals surface area contributed by atoms with Crippen LogP contribution < -0.4 is 5.32 Å². The molecule has 0 radical (unpaired) electrons. The summed E-state index contributed by atoms with van der Waals surface area (Å²) in [4.78, 5) is 26.1. The third-order valence-corrected chi connectivity index (χ3v) is 10.3. The van der Waals surface area contributed by atoms with Crippen LogP contribution in [0.5, 0.6) is 0 Å². The fourth-order valence-electron chi connectivity index (χ4n) is 6.96. The number of esters is 2. The maximum atomic E-state index is 13.0.